The van der Waals surface area contributed by atoms with E-state index in [1.54, 1.807) is 0 Å². The third-order valence-electron chi connectivity index (χ3n) is 0.922. The van der Waals surface area contributed by atoms with Gasteiger partial charge in [0, 0.05) is 6.85 Å². The number of nitrogens with two attached hydrogens (primary N) is 1. The van der Waals surface area contributed by atoms with Gasteiger partial charge in [-0.3, -0.25) is 4.79 Å². The van der Waals surface area contributed by atoms with Gasteiger partial charge in [-0.15, -0.1) is 0 Å². The van der Waals surface area contributed by atoms with Gasteiger partial charge >= 0.3 is 5.97 Å². The van der Waals surface area contributed by atoms with E-state index in [0.29, 0.717) is 0 Å². The van der Waals surface area contributed by atoms with Crippen LogP contribution in [0.5, 0.6) is 0 Å². The van der Waals surface area contributed by atoms with Crippen LogP contribution in [0.15, 0.2) is 0 Å². The Hall–Kier alpha value is -0.570. The predicted octanol–water partition coefficient (Wildman–Crippen LogP) is 0.444. The normalized spacial score (nSPS) is 29.0. The summed E-state index contributed by atoms with van der Waals surface area (Å²) in [6, 6.07) is -1.55. The molecule has 0 amide bonds. The van der Waals surface area contributed by atoms with Crippen molar-refractivity contribution in [1.29, 1.82) is 0 Å². The summed E-state index contributed by atoms with van der Waals surface area (Å²) in [5.41, 5.74) is 5.17. The highest BCUT2D eigenvalue weighted by molar-refractivity contribution is 5.73. The average Bonchev–Trinajstić information content (AvgIpc) is 2.03. The van der Waals surface area contributed by atoms with Gasteiger partial charge in [-0.1, -0.05) is 20.1 Å². The van der Waals surface area contributed by atoms with Crippen LogP contribution >= 0.6 is 0 Å². The van der Waals surface area contributed by atoms with Crippen LogP contribution in [-0.4, -0.2) is 17.1 Å². The molecule has 0 saturated carbocycles. The Morgan fingerprint density at radius 2 is 2.78 bits per heavy atom. The minimum absolute atomic E-state index is 1.33. The largest absolute Gasteiger partial charge is 0.480 e. The van der Waals surface area contributed by atoms with E-state index >= 15 is 0 Å². The molecular formula is C6H13NO2. The Balaban J connectivity index is 4.67. The lowest BCUT2D eigenvalue weighted by molar-refractivity contribution is -0.139. The first-order valence-electron chi connectivity index (χ1n) is 5.27. The van der Waals surface area contributed by atoms with Crippen LogP contribution < -0.4 is 5.73 Å². The van der Waals surface area contributed by atoms with Crippen LogP contribution in [0.2, 0.25) is 0 Å². The van der Waals surface area contributed by atoms with Crippen molar-refractivity contribution in [3.8, 4) is 0 Å². The summed E-state index contributed by atoms with van der Waals surface area (Å²) >= 11 is 0. The molecule has 0 saturated heterocycles. The lowest BCUT2D eigenvalue weighted by atomic mass is 10.0. The number of hydrogen-bond acceptors (Lipinski definition) is 2. The second-order valence-corrected chi connectivity index (χ2v) is 1.63. The van der Waals surface area contributed by atoms with Gasteiger partial charge in [0.15, 0.2) is 0 Å². The first-order valence-corrected chi connectivity index (χ1v) is 2.38. The van der Waals surface area contributed by atoms with Crippen molar-refractivity contribution in [2.75, 3.05) is 0 Å². The summed E-state index contributed by atoms with van der Waals surface area (Å²) in [6.07, 6.45) is -1.46. The van der Waals surface area contributed by atoms with Gasteiger partial charge < -0.3 is 10.8 Å². The maximum atomic E-state index is 10.5. The van der Waals surface area contributed by atoms with E-state index < -0.39 is 38.1 Å². The monoisotopic (exact) mass is 136 g/mol. The van der Waals surface area contributed by atoms with Crippen LogP contribution in [0, 0.1) is 5.92 Å². The molecule has 0 aliphatic heterocycles. The zero-order valence-electron chi connectivity index (χ0n) is 9.82. The molecule has 3 N–H and O–H groups in total. The number of carboxylic acid groups (broad SMARTS) is 1. The highest BCUT2D eigenvalue weighted by atomic mass is 16.4. The third kappa shape index (κ3) is 2.46. The SMILES string of the molecule is [2H]C([2H])[C@H]([C@H](N)C(=O)O)[C@@H]([2H])C([2H])[2H]. The number of aliphatic carboxylic acids is 1. The second-order valence-electron chi connectivity index (χ2n) is 1.63. The van der Waals surface area contributed by atoms with Crippen molar-refractivity contribution in [2.45, 2.75) is 26.2 Å². The van der Waals surface area contributed by atoms with Crippen LogP contribution in [-0.2, 0) is 4.79 Å². The minimum atomic E-state index is -1.62. The number of carboxylic acids is 1. The van der Waals surface area contributed by atoms with Crippen molar-refractivity contribution in [3.63, 3.8) is 0 Å². The minimum Gasteiger partial charge on any atom is -0.480 e. The van der Waals surface area contributed by atoms with Crippen molar-refractivity contribution < 1.29 is 16.8 Å². The molecule has 9 heavy (non-hydrogen) atoms. The van der Waals surface area contributed by atoms with Crippen molar-refractivity contribution in [3.05, 3.63) is 0 Å². The smallest absolute Gasteiger partial charge is 0.320 e. The summed E-state index contributed by atoms with van der Waals surface area (Å²) in [7, 11) is 0. The standard InChI is InChI=1S/C6H13NO2/c1-3-4(2)5(7)6(8)9/h4-5H,3,7H2,1-2H3,(H,8,9)/t4-,5-/m0/s1/i1D2,2D2,3D/t3-,4-,5-. The molecule has 3 atom stereocenters. The highest BCUT2D eigenvalue weighted by Crippen LogP contribution is 2.04. The topological polar surface area (TPSA) is 63.3 Å². The molecule has 0 aromatic heterocycles. The maximum Gasteiger partial charge on any atom is 0.320 e. The molecule has 0 rings (SSSR count). The lowest BCUT2D eigenvalue weighted by Crippen LogP contribution is -2.36. The Bertz CT molecular complexity index is 201. The molecule has 3 heteroatoms. The van der Waals surface area contributed by atoms with Crippen LogP contribution in [0.3, 0.4) is 0 Å². The van der Waals surface area contributed by atoms with Gasteiger partial charge in [0.05, 0.1) is 0 Å². The van der Waals surface area contributed by atoms with Gasteiger partial charge in [-0.05, 0) is 5.92 Å². The zero-order chi connectivity index (χ0) is 11.5. The molecule has 0 radical (unpaired) electrons. The fraction of sp³-hybridized carbons (Fsp3) is 0.833. The van der Waals surface area contributed by atoms with Gasteiger partial charge in [-0.2, -0.15) is 0 Å². The summed E-state index contributed by atoms with van der Waals surface area (Å²) in [5, 5.41) is 8.53. The van der Waals surface area contributed by atoms with E-state index in [1.807, 2.05) is 0 Å². The average molecular weight is 136 g/mol. The number of hydrogen-bond donors (Lipinski definition) is 2. The zero-order valence-corrected chi connectivity index (χ0v) is 4.82. The molecule has 0 aliphatic carbocycles. The van der Waals surface area contributed by atoms with Gasteiger partial charge in [0.25, 0.3) is 0 Å². The van der Waals surface area contributed by atoms with E-state index in [-0.39, 0.29) is 0 Å². The Morgan fingerprint density at radius 3 is 3.11 bits per heavy atom. The molecule has 0 heterocycles. The molecule has 0 fully saturated rings. The summed E-state index contributed by atoms with van der Waals surface area (Å²) in [5.74, 6) is -2.75. The molecule has 3 nitrogen and oxygen atoms in total. The Kier molecular flexibility index (Phi) is 1.16. The molecule has 0 spiro atoms. The molecule has 54 valence electrons. The lowest BCUT2D eigenvalue weighted by Gasteiger charge is -2.11. The fourth-order valence-corrected chi connectivity index (χ4v) is 0.284. The van der Waals surface area contributed by atoms with E-state index in [2.05, 4.69) is 0 Å². The maximum absolute atomic E-state index is 10.5. The molecule has 0 unspecified atom stereocenters. The van der Waals surface area contributed by atoms with E-state index in [1.165, 1.54) is 0 Å². The molecule has 0 bridgehead atoms. The second kappa shape index (κ2) is 3.45. The van der Waals surface area contributed by atoms with E-state index in [0.717, 1.165) is 0 Å². The highest BCUT2D eigenvalue weighted by Gasteiger charge is 2.17. The summed E-state index contributed by atoms with van der Waals surface area (Å²) in [4.78, 5) is 10.5. The van der Waals surface area contributed by atoms with Crippen LogP contribution in [0.4, 0.5) is 0 Å². The van der Waals surface area contributed by atoms with Crippen LogP contribution in [0.25, 0.3) is 0 Å². The van der Waals surface area contributed by atoms with E-state index in [9.17, 15) is 4.79 Å². The Morgan fingerprint density at radius 1 is 2.11 bits per heavy atom. The quantitative estimate of drug-likeness (QED) is 0.592. The first-order chi connectivity index (χ1) is 6.29. The number of carbonyl (C=O) groups is 1. The molecular weight excluding hydrogens is 118 g/mol. The molecule has 0 aliphatic rings. The Labute approximate surface area is 61.9 Å². The van der Waals surface area contributed by atoms with E-state index in [4.69, 9.17) is 17.7 Å². The molecule has 0 aromatic carbocycles. The van der Waals surface area contributed by atoms with Gasteiger partial charge in [0.2, 0.25) is 0 Å². The van der Waals surface area contributed by atoms with Crippen LogP contribution in [0.1, 0.15) is 27.0 Å². The predicted molar refractivity (Wildman–Crippen MR) is 35.1 cm³/mol. The van der Waals surface area contributed by atoms with Crippen molar-refractivity contribution in [1.82, 2.24) is 0 Å². The fourth-order valence-electron chi connectivity index (χ4n) is 0.284. The summed E-state index contributed by atoms with van der Waals surface area (Å²) < 4.78 is 35.1. The van der Waals surface area contributed by atoms with Gasteiger partial charge in [0.1, 0.15) is 6.04 Å². The van der Waals surface area contributed by atoms with Gasteiger partial charge in [-0.25, -0.2) is 0 Å². The molecule has 0 aromatic rings. The summed E-state index contributed by atoms with van der Waals surface area (Å²) in [6.45, 7) is -3.23. The third-order valence-corrected chi connectivity index (χ3v) is 0.922. The van der Waals surface area contributed by atoms with Crippen molar-refractivity contribution >= 4 is 5.97 Å². The first kappa shape index (κ1) is 3.01. The van der Waals surface area contributed by atoms with Crippen molar-refractivity contribution in [2.24, 2.45) is 11.7 Å². The number of rotatable bonds is 3.